The van der Waals surface area contributed by atoms with Crippen LogP contribution in [0, 0.1) is 23.2 Å². The van der Waals surface area contributed by atoms with Crippen molar-refractivity contribution in [3.05, 3.63) is 12.2 Å². The van der Waals surface area contributed by atoms with Gasteiger partial charge >= 0.3 is 11.9 Å². The van der Waals surface area contributed by atoms with Gasteiger partial charge in [-0.25, -0.2) is 9.59 Å². The maximum Gasteiger partial charge on any atom is 0.414 e. The number of aliphatic hydroxyl groups is 1. The molecule has 3 aliphatic rings. The van der Waals surface area contributed by atoms with Crippen molar-refractivity contribution in [1.29, 1.82) is 0 Å². The minimum atomic E-state index is -1.82. The van der Waals surface area contributed by atoms with Crippen LogP contribution in [-0.4, -0.2) is 52.2 Å². The van der Waals surface area contributed by atoms with E-state index in [1.165, 1.54) is 38.5 Å². The summed E-state index contributed by atoms with van der Waals surface area (Å²) in [6.07, 6.45) is 18.4. The van der Waals surface area contributed by atoms with E-state index in [0.29, 0.717) is 19.1 Å². The standard InChI is InChI=1S/C21H36N2O2.C2H2O4/c1-20-11-9-18(17-6-3-2-4-7-17)16-21(20,24)12-10-19(20)8-5-14-23-25-15-13-22;3-1(4)2(5)6/h5,8,14,17-19,24H,2-4,6-7,9-13,15-16,22H2,1H3;(H,3,4)(H,5,6)/b8-5+,23-14+;/t18-,19-,20+,21-;/m0./s1. The van der Waals surface area contributed by atoms with Crippen LogP contribution in [0.4, 0.5) is 0 Å². The summed E-state index contributed by atoms with van der Waals surface area (Å²) in [6.45, 7) is 3.25. The van der Waals surface area contributed by atoms with Crippen molar-refractivity contribution < 1.29 is 29.7 Å². The molecule has 8 heteroatoms. The third kappa shape index (κ3) is 6.53. The van der Waals surface area contributed by atoms with E-state index in [0.717, 1.165) is 37.5 Å². The molecule has 3 rings (SSSR count). The molecule has 3 fully saturated rings. The molecule has 3 saturated carbocycles. The first-order valence-electron chi connectivity index (χ1n) is 11.4. The topological polar surface area (TPSA) is 142 Å². The number of hydrogen-bond acceptors (Lipinski definition) is 6. The van der Waals surface area contributed by atoms with E-state index in [4.69, 9.17) is 30.4 Å². The zero-order chi connectivity index (χ0) is 22.9. The molecule has 0 heterocycles. The highest BCUT2D eigenvalue weighted by Gasteiger charge is 2.58. The summed E-state index contributed by atoms with van der Waals surface area (Å²) in [4.78, 5) is 23.2. The molecule has 0 aliphatic heterocycles. The average molecular weight is 439 g/mol. The Morgan fingerprint density at radius 1 is 1.06 bits per heavy atom. The summed E-state index contributed by atoms with van der Waals surface area (Å²) in [5, 5.41) is 30.2. The number of rotatable bonds is 6. The SMILES string of the molecule is C[C@]12CC[C@H](C3CCCCC3)C[C@@]1(O)CC[C@@H]2/C=C/C=N/OCCN.O=C(O)C(=O)O. The molecule has 0 aromatic rings. The molecule has 0 unspecified atom stereocenters. The van der Waals surface area contributed by atoms with Crippen LogP contribution in [-0.2, 0) is 14.4 Å². The Hall–Kier alpha value is -1.93. The Bertz CT molecular complexity index is 648. The van der Waals surface area contributed by atoms with Gasteiger partial charge in [0.25, 0.3) is 0 Å². The van der Waals surface area contributed by atoms with Crippen LogP contribution in [0.15, 0.2) is 17.3 Å². The highest BCUT2D eigenvalue weighted by Crippen LogP contribution is 2.61. The number of allylic oxidation sites excluding steroid dienone is 2. The predicted octanol–water partition coefficient (Wildman–Crippen LogP) is 3.19. The van der Waals surface area contributed by atoms with E-state index in [2.05, 4.69) is 18.2 Å². The molecule has 0 spiro atoms. The molecule has 3 aliphatic carbocycles. The van der Waals surface area contributed by atoms with Gasteiger partial charge < -0.3 is 25.9 Å². The molecular formula is C23H38N2O6. The smallest absolute Gasteiger partial charge is 0.414 e. The zero-order valence-electron chi connectivity index (χ0n) is 18.5. The maximum atomic E-state index is 11.5. The van der Waals surface area contributed by atoms with Gasteiger partial charge in [0.1, 0.15) is 6.61 Å². The number of carboxylic acids is 2. The van der Waals surface area contributed by atoms with Crippen molar-refractivity contribution in [3.63, 3.8) is 0 Å². The van der Waals surface area contributed by atoms with Gasteiger partial charge in [-0.2, -0.15) is 0 Å². The van der Waals surface area contributed by atoms with E-state index < -0.39 is 17.5 Å². The number of nitrogens with zero attached hydrogens (tertiary/aromatic N) is 1. The predicted molar refractivity (Wildman–Crippen MR) is 118 cm³/mol. The lowest BCUT2D eigenvalue weighted by Gasteiger charge is -2.51. The lowest BCUT2D eigenvalue weighted by atomic mass is 9.57. The van der Waals surface area contributed by atoms with Crippen molar-refractivity contribution in [1.82, 2.24) is 0 Å². The van der Waals surface area contributed by atoms with Gasteiger partial charge in [-0.05, 0) is 55.9 Å². The van der Waals surface area contributed by atoms with Crippen molar-refractivity contribution in [2.75, 3.05) is 13.2 Å². The second kappa shape index (κ2) is 11.6. The van der Waals surface area contributed by atoms with Gasteiger partial charge in [0.05, 0.1) is 11.8 Å². The molecule has 0 radical (unpaired) electrons. The number of hydrogen-bond donors (Lipinski definition) is 4. The quantitative estimate of drug-likeness (QED) is 0.216. The summed E-state index contributed by atoms with van der Waals surface area (Å²) in [5.41, 5.74) is 4.91. The highest BCUT2D eigenvalue weighted by atomic mass is 16.6. The first-order valence-corrected chi connectivity index (χ1v) is 11.4. The Labute approximate surface area is 184 Å². The minimum Gasteiger partial charge on any atom is -0.473 e. The molecule has 0 saturated heterocycles. The fourth-order valence-electron chi connectivity index (χ4n) is 5.80. The first kappa shape index (κ1) is 25.3. The Morgan fingerprint density at radius 3 is 2.35 bits per heavy atom. The molecule has 0 aromatic heterocycles. The summed E-state index contributed by atoms with van der Waals surface area (Å²) in [6, 6.07) is 0. The molecule has 176 valence electrons. The monoisotopic (exact) mass is 438 g/mol. The lowest BCUT2D eigenvalue weighted by Crippen LogP contribution is -2.50. The van der Waals surface area contributed by atoms with Crippen LogP contribution in [0.1, 0.15) is 71.1 Å². The second-order valence-electron chi connectivity index (χ2n) is 9.37. The van der Waals surface area contributed by atoms with Crippen molar-refractivity contribution >= 4 is 18.2 Å². The Kier molecular flexibility index (Phi) is 9.50. The van der Waals surface area contributed by atoms with Crippen LogP contribution < -0.4 is 5.73 Å². The van der Waals surface area contributed by atoms with E-state index in [1.54, 1.807) is 6.21 Å². The largest absolute Gasteiger partial charge is 0.473 e. The molecule has 8 nitrogen and oxygen atoms in total. The van der Waals surface area contributed by atoms with Crippen LogP contribution in [0.2, 0.25) is 0 Å². The van der Waals surface area contributed by atoms with Gasteiger partial charge in [0.15, 0.2) is 0 Å². The number of carbonyl (C=O) groups is 2. The van der Waals surface area contributed by atoms with Gasteiger partial charge in [-0.3, -0.25) is 0 Å². The summed E-state index contributed by atoms with van der Waals surface area (Å²) in [7, 11) is 0. The van der Waals surface area contributed by atoms with Crippen LogP contribution in [0.3, 0.4) is 0 Å². The second-order valence-corrected chi connectivity index (χ2v) is 9.37. The van der Waals surface area contributed by atoms with Crippen molar-refractivity contribution in [2.24, 2.45) is 34.1 Å². The molecule has 5 N–H and O–H groups in total. The third-order valence-electron chi connectivity index (χ3n) is 7.66. The van der Waals surface area contributed by atoms with Gasteiger partial charge in [0, 0.05) is 12.0 Å². The fraction of sp³-hybridized carbons (Fsp3) is 0.783. The minimum absolute atomic E-state index is 0.0145. The lowest BCUT2D eigenvalue weighted by molar-refractivity contribution is -0.159. The van der Waals surface area contributed by atoms with Gasteiger partial charge in [-0.15, -0.1) is 0 Å². The normalized spacial score (nSPS) is 33.6. The van der Waals surface area contributed by atoms with E-state index in [9.17, 15) is 5.11 Å². The van der Waals surface area contributed by atoms with E-state index in [-0.39, 0.29) is 5.41 Å². The number of carboxylic acid groups (broad SMARTS) is 2. The van der Waals surface area contributed by atoms with E-state index in [1.807, 2.05) is 6.08 Å². The molecule has 4 atom stereocenters. The van der Waals surface area contributed by atoms with Crippen LogP contribution in [0.5, 0.6) is 0 Å². The number of oxime groups is 1. The Morgan fingerprint density at radius 2 is 1.74 bits per heavy atom. The molecule has 0 amide bonds. The number of fused-ring (bicyclic) bond motifs is 1. The summed E-state index contributed by atoms with van der Waals surface area (Å²) in [5.74, 6) is -1.60. The number of aliphatic carboxylic acids is 2. The summed E-state index contributed by atoms with van der Waals surface area (Å²) < 4.78 is 0. The average Bonchev–Trinajstić information content (AvgIpc) is 3.01. The van der Waals surface area contributed by atoms with Gasteiger partial charge in [-0.1, -0.05) is 50.3 Å². The molecular weight excluding hydrogens is 400 g/mol. The molecule has 0 bridgehead atoms. The van der Waals surface area contributed by atoms with Crippen molar-refractivity contribution in [2.45, 2.75) is 76.7 Å². The maximum absolute atomic E-state index is 11.5. The third-order valence-corrected chi connectivity index (χ3v) is 7.66. The number of nitrogens with two attached hydrogens (primary N) is 1. The molecule has 0 aromatic carbocycles. The first-order chi connectivity index (χ1) is 14.7. The van der Waals surface area contributed by atoms with Crippen LogP contribution >= 0.6 is 0 Å². The van der Waals surface area contributed by atoms with E-state index >= 15 is 0 Å². The fourth-order valence-corrected chi connectivity index (χ4v) is 5.80. The zero-order valence-corrected chi connectivity index (χ0v) is 18.5. The molecule has 31 heavy (non-hydrogen) atoms. The van der Waals surface area contributed by atoms with Crippen molar-refractivity contribution in [3.8, 4) is 0 Å². The van der Waals surface area contributed by atoms with Crippen LogP contribution in [0.25, 0.3) is 0 Å². The summed E-state index contributed by atoms with van der Waals surface area (Å²) >= 11 is 0. The Balaban J connectivity index is 0.000000501. The van der Waals surface area contributed by atoms with Gasteiger partial charge in [0.2, 0.25) is 0 Å². The highest BCUT2D eigenvalue weighted by molar-refractivity contribution is 6.27.